The van der Waals surface area contributed by atoms with Gasteiger partial charge in [0, 0.05) is 11.0 Å². The van der Waals surface area contributed by atoms with Crippen molar-refractivity contribution < 1.29 is 9.32 Å². The summed E-state index contributed by atoms with van der Waals surface area (Å²) in [7, 11) is 0. The quantitative estimate of drug-likeness (QED) is 0.850. The van der Waals surface area contributed by atoms with Crippen LogP contribution in [0, 0.1) is 13.8 Å². The third-order valence-electron chi connectivity index (χ3n) is 3.32. The minimum Gasteiger partial charge on any atom is -0.361 e. The van der Waals surface area contributed by atoms with Gasteiger partial charge in [0.15, 0.2) is 0 Å². The predicted molar refractivity (Wildman–Crippen MR) is 78.9 cm³/mol. The van der Waals surface area contributed by atoms with Crippen molar-refractivity contribution in [3.8, 4) is 0 Å². The van der Waals surface area contributed by atoms with Gasteiger partial charge in [-0.05, 0) is 38.5 Å². The zero-order valence-corrected chi connectivity index (χ0v) is 12.5. The van der Waals surface area contributed by atoms with E-state index in [1.54, 1.807) is 16.7 Å². The van der Waals surface area contributed by atoms with Gasteiger partial charge in [-0.25, -0.2) is 0 Å². The zero-order valence-electron chi connectivity index (χ0n) is 11.7. The normalized spacial score (nSPS) is 18.2. The van der Waals surface area contributed by atoms with E-state index in [-0.39, 0.29) is 11.2 Å². The van der Waals surface area contributed by atoms with Crippen LogP contribution in [0.4, 0.5) is 5.69 Å². The molecule has 1 aliphatic heterocycles. The fourth-order valence-corrected chi connectivity index (χ4v) is 3.50. The van der Waals surface area contributed by atoms with Gasteiger partial charge in [0.25, 0.3) is 0 Å². The molecule has 0 saturated heterocycles. The molecule has 0 spiro atoms. The Bertz CT molecular complexity index is 666. The van der Waals surface area contributed by atoms with Crippen LogP contribution in [-0.2, 0) is 11.3 Å². The molecule has 20 heavy (non-hydrogen) atoms. The number of benzene rings is 1. The van der Waals surface area contributed by atoms with E-state index in [4.69, 9.17) is 4.52 Å². The van der Waals surface area contributed by atoms with Crippen molar-refractivity contribution in [3.63, 3.8) is 0 Å². The topological polar surface area (TPSA) is 46.3 Å². The highest BCUT2D eigenvalue weighted by Crippen LogP contribution is 2.40. The lowest BCUT2D eigenvalue weighted by Crippen LogP contribution is -2.39. The van der Waals surface area contributed by atoms with Gasteiger partial charge in [0.1, 0.15) is 11.5 Å². The molecule has 0 aliphatic carbocycles. The summed E-state index contributed by atoms with van der Waals surface area (Å²) in [5, 5.41) is 3.91. The Morgan fingerprint density at radius 2 is 2.15 bits per heavy atom. The van der Waals surface area contributed by atoms with E-state index in [0.29, 0.717) is 6.54 Å². The standard InChI is InChI=1S/C15H16N2O2S/c1-9-4-5-13-14(6-9)20-11(3)15(18)17(13)8-12-7-10(2)19-16-12/h4-7,11H,8H2,1-3H3. The number of nitrogens with zero attached hydrogens (tertiary/aromatic N) is 2. The number of anilines is 1. The first-order valence-corrected chi connectivity index (χ1v) is 7.43. The second-order valence-electron chi connectivity index (χ2n) is 5.08. The van der Waals surface area contributed by atoms with Crippen molar-refractivity contribution in [1.82, 2.24) is 5.16 Å². The summed E-state index contributed by atoms with van der Waals surface area (Å²) >= 11 is 1.62. The Labute approximate surface area is 122 Å². The lowest BCUT2D eigenvalue weighted by Gasteiger charge is -2.32. The average molecular weight is 288 g/mol. The van der Waals surface area contributed by atoms with Crippen molar-refractivity contribution in [2.24, 2.45) is 0 Å². The third-order valence-corrected chi connectivity index (χ3v) is 4.46. The highest BCUT2D eigenvalue weighted by molar-refractivity contribution is 8.01. The fourth-order valence-electron chi connectivity index (χ4n) is 2.34. The molecule has 5 heteroatoms. The highest BCUT2D eigenvalue weighted by Gasteiger charge is 2.31. The third kappa shape index (κ3) is 2.33. The molecule has 1 aromatic carbocycles. The van der Waals surface area contributed by atoms with Crippen molar-refractivity contribution in [2.45, 2.75) is 37.5 Å². The van der Waals surface area contributed by atoms with Crippen LogP contribution < -0.4 is 4.90 Å². The summed E-state index contributed by atoms with van der Waals surface area (Å²) in [6, 6.07) is 8.04. The number of fused-ring (bicyclic) bond motifs is 1. The number of thioether (sulfide) groups is 1. The van der Waals surface area contributed by atoms with Gasteiger partial charge in [-0.1, -0.05) is 11.2 Å². The molecule has 0 radical (unpaired) electrons. The molecular weight excluding hydrogens is 272 g/mol. The van der Waals surface area contributed by atoms with Crippen LogP contribution >= 0.6 is 11.8 Å². The summed E-state index contributed by atoms with van der Waals surface area (Å²) in [4.78, 5) is 15.4. The van der Waals surface area contributed by atoms with Crippen LogP contribution in [-0.4, -0.2) is 16.3 Å². The molecule has 2 heterocycles. The first-order valence-electron chi connectivity index (χ1n) is 6.55. The Hall–Kier alpha value is -1.75. The second kappa shape index (κ2) is 4.98. The van der Waals surface area contributed by atoms with E-state index in [0.717, 1.165) is 22.0 Å². The Morgan fingerprint density at radius 1 is 1.35 bits per heavy atom. The molecule has 1 aromatic heterocycles. The van der Waals surface area contributed by atoms with Gasteiger partial charge in [0.2, 0.25) is 5.91 Å². The number of carbonyl (C=O) groups excluding carboxylic acids is 1. The largest absolute Gasteiger partial charge is 0.361 e. The Kier molecular flexibility index (Phi) is 3.30. The SMILES string of the molecule is Cc1ccc2c(c1)SC(C)C(=O)N2Cc1cc(C)on1. The van der Waals surface area contributed by atoms with Gasteiger partial charge in [-0.3, -0.25) is 4.79 Å². The molecule has 104 valence electrons. The van der Waals surface area contributed by atoms with Crippen LogP contribution in [0.15, 0.2) is 33.7 Å². The van der Waals surface area contributed by atoms with E-state index < -0.39 is 0 Å². The smallest absolute Gasteiger partial charge is 0.240 e. The van der Waals surface area contributed by atoms with E-state index >= 15 is 0 Å². The maximum Gasteiger partial charge on any atom is 0.240 e. The average Bonchev–Trinajstić information content (AvgIpc) is 2.80. The molecular formula is C15H16N2O2S. The van der Waals surface area contributed by atoms with Crippen molar-refractivity contribution >= 4 is 23.4 Å². The fraction of sp³-hybridized carbons (Fsp3) is 0.333. The maximum absolute atomic E-state index is 12.4. The van der Waals surface area contributed by atoms with Gasteiger partial charge < -0.3 is 9.42 Å². The van der Waals surface area contributed by atoms with Crippen LogP contribution in [0.5, 0.6) is 0 Å². The second-order valence-corrected chi connectivity index (χ2v) is 6.47. The molecule has 1 amide bonds. The number of aromatic nitrogens is 1. The first-order chi connectivity index (χ1) is 9.54. The van der Waals surface area contributed by atoms with E-state index in [9.17, 15) is 4.79 Å². The van der Waals surface area contributed by atoms with Crippen LogP contribution in [0.25, 0.3) is 0 Å². The number of rotatable bonds is 2. The molecule has 0 saturated carbocycles. The van der Waals surface area contributed by atoms with Crippen LogP contribution in [0.3, 0.4) is 0 Å². The summed E-state index contributed by atoms with van der Waals surface area (Å²) in [5.74, 6) is 0.878. The Balaban J connectivity index is 1.98. The monoisotopic (exact) mass is 288 g/mol. The minimum absolute atomic E-state index is 0.0719. The van der Waals surface area contributed by atoms with Crippen molar-refractivity contribution in [1.29, 1.82) is 0 Å². The zero-order chi connectivity index (χ0) is 14.3. The van der Waals surface area contributed by atoms with E-state index in [1.165, 1.54) is 5.56 Å². The molecule has 3 rings (SSSR count). The van der Waals surface area contributed by atoms with Crippen molar-refractivity contribution in [2.75, 3.05) is 4.90 Å². The number of hydrogen-bond donors (Lipinski definition) is 0. The van der Waals surface area contributed by atoms with E-state index in [1.807, 2.05) is 32.0 Å². The van der Waals surface area contributed by atoms with Gasteiger partial charge in [-0.15, -0.1) is 11.8 Å². The molecule has 4 nitrogen and oxygen atoms in total. The van der Waals surface area contributed by atoms with Gasteiger partial charge >= 0.3 is 0 Å². The molecule has 0 fully saturated rings. The molecule has 2 aromatic rings. The number of hydrogen-bond acceptors (Lipinski definition) is 4. The number of amides is 1. The molecule has 0 N–H and O–H groups in total. The maximum atomic E-state index is 12.4. The summed E-state index contributed by atoms with van der Waals surface area (Å²) in [6.07, 6.45) is 0. The molecule has 1 unspecified atom stereocenters. The highest BCUT2D eigenvalue weighted by atomic mass is 32.2. The minimum atomic E-state index is -0.0719. The lowest BCUT2D eigenvalue weighted by atomic mass is 10.2. The van der Waals surface area contributed by atoms with Crippen molar-refractivity contribution in [3.05, 3.63) is 41.3 Å². The predicted octanol–water partition coefficient (Wildman–Crippen LogP) is 3.32. The van der Waals surface area contributed by atoms with Crippen LogP contribution in [0.1, 0.15) is 23.9 Å². The Morgan fingerprint density at radius 3 is 2.85 bits per heavy atom. The van der Waals surface area contributed by atoms with Crippen LogP contribution in [0.2, 0.25) is 0 Å². The number of aryl methyl sites for hydroxylation is 2. The molecule has 1 atom stereocenters. The van der Waals surface area contributed by atoms with Gasteiger partial charge in [-0.2, -0.15) is 0 Å². The summed E-state index contributed by atoms with van der Waals surface area (Å²) < 4.78 is 5.08. The first kappa shape index (κ1) is 13.2. The molecule has 0 bridgehead atoms. The summed E-state index contributed by atoms with van der Waals surface area (Å²) in [5.41, 5.74) is 2.95. The molecule has 1 aliphatic rings. The summed E-state index contributed by atoms with van der Waals surface area (Å²) in [6.45, 7) is 6.31. The lowest BCUT2D eigenvalue weighted by molar-refractivity contribution is -0.118. The number of carbonyl (C=O) groups is 1. The van der Waals surface area contributed by atoms with E-state index in [2.05, 4.69) is 18.1 Å². The van der Waals surface area contributed by atoms with Gasteiger partial charge in [0.05, 0.1) is 17.5 Å².